The molecule has 1 aromatic carbocycles. The van der Waals surface area contributed by atoms with E-state index in [1.54, 1.807) is 10.8 Å². The molecule has 0 radical (unpaired) electrons. The van der Waals surface area contributed by atoms with E-state index in [1.165, 1.54) is 0 Å². The highest BCUT2D eigenvalue weighted by Crippen LogP contribution is 2.22. The van der Waals surface area contributed by atoms with Crippen LogP contribution in [0.5, 0.6) is 0 Å². The Labute approximate surface area is 128 Å². The van der Waals surface area contributed by atoms with Crippen molar-refractivity contribution in [2.24, 2.45) is 5.92 Å². The number of hydrogen-bond acceptors (Lipinski definition) is 3. The second kappa shape index (κ2) is 5.77. The van der Waals surface area contributed by atoms with Crippen LogP contribution in [0.15, 0.2) is 41.3 Å². The minimum Gasteiger partial charge on any atom is -0.392 e. The summed E-state index contributed by atoms with van der Waals surface area (Å²) in [5, 5.41) is 9.11. The molecule has 0 saturated heterocycles. The Morgan fingerprint density at radius 1 is 1.23 bits per heavy atom. The van der Waals surface area contributed by atoms with Crippen LogP contribution < -0.4 is 5.69 Å². The molecule has 2 aromatic heterocycles. The number of nitrogens with zero attached hydrogens (tertiary/aromatic N) is 2. The van der Waals surface area contributed by atoms with Crippen LogP contribution in [0.2, 0.25) is 0 Å². The number of hydrogen-bond donors (Lipinski definition) is 2. The molecule has 0 aliphatic heterocycles. The van der Waals surface area contributed by atoms with Gasteiger partial charge in [-0.2, -0.15) is 0 Å². The van der Waals surface area contributed by atoms with Gasteiger partial charge in [0.1, 0.15) is 0 Å². The fourth-order valence-electron chi connectivity index (χ4n) is 2.54. The predicted octanol–water partition coefficient (Wildman–Crippen LogP) is 2.54. The molecule has 0 spiro atoms. The first-order valence-electron chi connectivity index (χ1n) is 7.37. The molecule has 114 valence electrons. The third kappa shape index (κ3) is 2.67. The molecule has 0 saturated carbocycles. The highest BCUT2D eigenvalue weighted by Gasteiger charge is 2.10. The summed E-state index contributed by atoms with van der Waals surface area (Å²) < 4.78 is 1.73. The number of aliphatic hydroxyl groups is 1. The van der Waals surface area contributed by atoms with Crippen LogP contribution in [0.3, 0.4) is 0 Å². The molecule has 3 aromatic rings. The van der Waals surface area contributed by atoms with Crippen molar-refractivity contribution in [1.29, 1.82) is 0 Å². The summed E-state index contributed by atoms with van der Waals surface area (Å²) in [6.45, 7) is 4.85. The highest BCUT2D eigenvalue weighted by atomic mass is 16.3. The Morgan fingerprint density at radius 3 is 2.59 bits per heavy atom. The van der Waals surface area contributed by atoms with Gasteiger partial charge in [-0.1, -0.05) is 38.1 Å². The molecule has 2 heterocycles. The molecule has 0 aliphatic rings. The molecule has 2 N–H and O–H groups in total. The van der Waals surface area contributed by atoms with E-state index in [-0.39, 0.29) is 12.3 Å². The molecular formula is C17H19N3O2. The monoisotopic (exact) mass is 297 g/mol. The van der Waals surface area contributed by atoms with Gasteiger partial charge >= 0.3 is 5.69 Å². The average Bonchev–Trinajstić information content (AvgIpc) is 2.82. The van der Waals surface area contributed by atoms with Gasteiger partial charge in [-0.3, -0.25) is 9.55 Å². The zero-order valence-corrected chi connectivity index (χ0v) is 12.7. The Kier molecular flexibility index (Phi) is 3.81. The van der Waals surface area contributed by atoms with Crippen molar-refractivity contribution in [3.8, 4) is 11.1 Å². The van der Waals surface area contributed by atoms with Crippen LogP contribution in [0, 0.1) is 5.92 Å². The maximum absolute atomic E-state index is 12.0. The molecule has 0 bridgehead atoms. The number of imidazole rings is 1. The minimum absolute atomic E-state index is 0.0311. The quantitative estimate of drug-likeness (QED) is 0.777. The number of aliphatic hydroxyl groups excluding tert-OH is 1. The molecular weight excluding hydrogens is 278 g/mol. The lowest BCUT2D eigenvalue weighted by atomic mass is 10.1. The zero-order valence-electron chi connectivity index (χ0n) is 12.7. The topological polar surface area (TPSA) is 70.9 Å². The van der Waals surface area contributed by atoms with Crippen LogP contribution in [-0.4, -0.2) is 19.6 Å². The summed E-state index contributed by atoms with van der Waals surface area (Å²) in [5.74, 6) is 0.379. The molecule has 0 aliphatic carbocycles. The van der Waals surface area contributed by atoms with E-state index in [4.69, 9.17) is 5.11 Å². The van der Waals surface area contributed by atoms with Crippen molar-refractivity contribution < 1.29 is 5.11 Å². The molecule has 5 nitrogen and oxygen atoms in total. The van der Waals surface area contributed by atoms with Gasteiger partial charge < -0.3 is 5.11 Å². The first-order chi connectivity index (χ1) is 10.6. The normalized spacial score (nSPS) is 11.5. The maximum atomic E-state index is 12.0. The number of benzene rings is 1. The lowest BCUT2D eigenvalue weighted by Crippen LogP contribution is -2.19. The summed E-state index contributed by atoms with van der Waals surface area (Å²) in [4.78, 5) is 19.2. The fraction of sp³-hybridized carbons (Fsp3) is 0.294. The zero-order chi connectivity index (χ0) is 15.7. The van der Waals surface area contributed by atoms with Crippen LogP contribution in [0.25, 0.3) is 22.3 Å². The summed E-state index contributed by atoms with van der Waals surface area (Å²) in [6, 6.07) is 9.66. The van der Waals surface area contributed by atoms with Gasteiger partial charge in [-0.25, -0.2) is 9.78 Å². The van der Waals surface area contributed by atoms with E-state index in [2.05, 4.69) is 23.8 Å². The van der Waals surface area contributed by atoms with Crippen molar-refractivity contribution >= 4 is 11.2 Å². The van der Waals surface area contributed by atoms with Gasteiger partial charge in [0.05, 0.1) is 12.1 Å². The van der Waals surface area contributed by atoms with E-state index in [0.29, 0.717) is 18.1 Å². The van der Waals surface area contributed by atoms with Crippen LogP contribution in [0.1, 0.15) is 19.4 Å². The molecule has 0 amide bonds. The Morgan fingerprint density at radius 2 is 1.95 bits per heavy atom. The van der Waals surface area contributed by atoms with Gasteiger partial charge in [-0.05, 0) is 23.1 Å². The van der Waals surface area contributed by atoms with Crippen molar-refractivity contribution in [2.75, 3.05) is 0 Å². The van der Waals surface area contributed by atoms with Crippen LogP contribution in [-0.2, 0) is 13.2 Å². The van der Waals surface area contributed by atoms with Crippen LogP contribution in [0.4, 0.5) is 0 Å². The van der Waals surface area contributed by atoms with Crippen molar-refractivity contribution in [1.82, 2.24) is 14.5 Å². The number of aromatic nitrogens is 3. The standard InChI is InChI=1S/C17H19N3O2/c1-11(2)9-20-15-7-14(8-18-16(15)19-17(20)22)13-5-3-12(10-21)4-6-13/h3-8,11,21H,9-10H2,1-2H3,(H,18,19,22). The largest absolute Gasteiger partial charge is 0.392 e. The molecule has 0 atom stereocenters. The molecule has 22 heavy (non-hydrogen) atoms. The van der Waals surface area contributed by atoms with Gasteiger partial charge in [0, 0.05) is 18.3 Å². The fourth-order valence-corrected chi connectivity index (χ4v) is 2.54. The summed E-state index contributed by atoms with van der Waals surface area (Å²) in [5.41, 5.74) is 4.15. The predicted molar refractivity (Wildman–Crippen MR) is 86.6 cm³/mol. The number of fused-ring (bicyclic) bond motifs is 1. The second-order valence-corrected chi connectivity index (χ2v) is 5.88. The van der Waals surface area contributed by atoms with E-state index >= 15 is 0 Å². The minimum atomic E-state index is -0.121. The summed E-state index contributed by atoms with van der Waals surface area (Å²) in [7, 11) is 0. The van der Waals surface area contributed by atoms with Gasteiger partial charge in [0.25, 0.3) is 0 Å². The Bertz CT molecular complexity index is 844. The SMILES string of the molecule is CC(C)Cn1c(=O)[nH]c2ncc(-c3ccc(CO)cc3)cc21. The number of H-pyrrole nitrogens is 1. The molecule has 0 unspecified atom stereocenters. The number of rotatable bonds is 4. The first-order valence-corrected chi connectivity index (χ1v) is 7.37. The Balaban J connectivity index is 2.09. The number of aromatic amines is 1. The number of pyridine rings is 1. The molecule has 0 fully saturated rings. The summed E-state index contributed by atoms with van der Waals surface area (Å²) in [6.07, 6.45) is 1.76. The maximum Gasteiger partial charge on any atom is 0.327 e. The third-order valence-electron chi connectivity index (χ3n) is 3.65. The third-order valence-corrected chi connectivity index (χ3v) is 3.65. The molecule has 5 heteroatoms. The Hall–Kier alpha value is -2.40. The number of nitrogens with one attached hydrogen (secondary N) is 1. The lowest BCUT2D eigenvalue weighted by molar-refractivity contribution is 0.282. The lowest BCUT2D eigenvalue weighted by Gasteiger charge is -2.07. The van der Waals surface area contributed by atoms with Crippen molar-refractivity contribution in [3.05, 3.63) is 52.6 Å². The van der Waals surface area contributed by atoms with Gasteiger partial charge in [0.15, 0.2) is 5.65 Å². The van der Waals surface area contributed by atoms with Crippen molar-refractivity contribution in [2.45, 2.75) is 27.0 Å². The molecule has 3 rings (SSSR count). The van der Waals surface area contributed by atoms with Gasteiger partial charge in [-0.15, -0.1) is 0 Å². The van der Waals surface area contributed by atoms with E-state index in [1.807, 2.05) is 30.3 Å². The van der Waals surface area contributed by atoms with E-state index < -0.39 is 0 Å². The summed E-state index contributed by atoms with van der Waals surface area (Å²) >= 11 is 0. The van der Waals surface area contributed by atoms with E-state index in [9.17, 15) is 4.79 Å². The highest BCUT2D eigenvalue weighted by molar-refractivity contribution is 5.78. The van der Waals surface area contributed by atoms with Crippen LogP contribution >= 0.6 is 0 Å². The van der Waals surface area contributed by atoms with E-state index in [0.717, 1.165) is 22.2 Å². The van der Waals surface area contributed by atoms with Crippen molar-refractivity contribution in [3.63, 3.8) is 0 Å². The van der Waals surface area contributed by atoms with Gasteiger partial charge in [0.2, 0.25) is 0 Å². The average molecular weight is 297 g/mol. The smallest absolute Gasteiger partial charge is 0.327 e. The first kappa shape index (κ1) is 14.5. The second-order valence-electron chi connectivity index (χ2n) is 5.88.